The van der Waals surface area contributed by atoms with Gasteiger partial charge < -0.3 is 14.5 Å². The van der Waals surface area contributed by atoms with Crippen molar-refractivity contribution in [1.29, 1.82) is 0 Å². The van der Waals surface area contributed by atoms with E-state index in [0.29, 0.717) is 6.42 Å². The minimum Gasteiger partial charge on any atom is -0.459 e. The molecule has 0 aliphatic carbocycles. The molecule has 1 saturated heterocycles. The third kappa shape index (κ3) is 3.59. The van der Waals surface area contributed by atoms with Crippen LogP contribution in [-0.2, 0) is 9.53 Å². The largest absolute Gasteiger partial charge is 0.459 e. The van der Waals surface area contributed by atoms with Gasteiger partial charge >= 0.3 is 0 Å². The van der Waals surface area contributed by atoms with Gasteiger partial charge in [0, 0.05) is 12.0 Å². The molecule has 128 valence electrons. The maximum absolute atomic E-state index is 12.5. The lowest BCUT2D eigenvalue weighted by Crippen LogP contribution is -2.31. The molecular weight excluding hydrogens is 314 g/mol. The first-order chi connectivity index (χ1) is 12.3. The maximum atomic E-state index is 12.5. The van der Waals surface area contributed by atoms with Crippen molar-refractivity contribution in [2.24, 2.45) is 0 Å². The van der Waals surface area contributed by atoms with Crippen LogP contribution in [0.25, 0.3) is 11.0 Å². The predicted octanol–water partition coefficient (Wildman–Crippen LogP) is 4.21. The van der Waals surface area contributed by atoms with Crippen molar-refractivity contribution >= 4 is 16.9 Å². The van der Waals surface area contributed by atoms with Gasteiger partial charge in [0.25, 0.3) is 0 Å². The Labute approximate surface area is 146 Å². The van der Waals surface area contributed by atoms with Crippen LogP contribution in [0.2, 0.25) is 0 Å². The fourth-order valence-electron chi connectivity index (χ4n) is 3.34. The number of ether oxygens (including phenoxy) is 1. The quantitative estimate of drug-likeness (QED) is 0.760. The maximum Gasteiger partial charge on any atom is 0.223 e. The van der Waals surface area contributed by atoms with Gasteiger partial charge in [-0.3, -0.25) is 4.79 Å². The molecule has 1 fully saturated rings. The van der Waals surface area contributed by atoms with Crippen LogP contribution in [0.1, 0.15) is 36.6 Å². The highest BCUT2D eigenvalue weighted by molar-refractivity contribution is 5.80. The number of carbonyl (C=O) groups excluding carboxylic acids is 1. The molecule has 3 aromatic rings. The average molecular weight is 335 g/mol. The van der Waals surface area contributed by atoms with Crippen LogP contribution in [0.4, 0.5) is 0 Å². The van der Waals surface area contributed by atoms with Crippen LogP contribution in [-0.4, -0.2) is 18.6 Å². The van der Waals surface area contributed by atoms with Crippen molar-refractivity contribution in [1.82, 2.24) is 5.32 Å². The van der Waals surface area contributed by atoms with Gasteiger partial charge in [0.1, 0.15) is 17.4 Å². The number of para-hydroxylation sites is 1. The van der Waals surface area contributed by atoms with Crippen LogP contribution < -0.4 is 5.32 Å². The molecule has 25 heavy (non-hydrogen) atoms. The van der Waals surface area contributed by atoms with E-state index in [1.165, 1.54) is 0 Å². The number of furan rings is 1. The van der Waals surface area contributed by atoms with Gasteiger partial charge in [0.2, 0.25) is 5.91 Å². The van der Waals surface area contributed by atoms with Crippen molar-refractivity contribution < 1.29 is 13.9 Å². The number of carbonyl (C=O) groups is 1. The highest BCUT2D eigenvalue weighted by atomic mass is 16.5. The summed E-state index contributed by atoms with van der Waals surface area (Å²) in [6, 6.07) is 19.5. The smallest absolute Gasteiger partial charge is 0.223 e. The fourth-order valence-corrected chi connectivity index (χ4v) is 3.34. The second-order valence-electron chi connectivity index (χ2n) is 6.44. The molecule has 0 saturated carbocycles. The van der Waals surface area contributed by atoms with Gasteiger partial charge in [-0.1, -0.05) is 48.5 Å². The zero-order valence-corrected chi connectivity index (χ0v) is 14.0. The highest BCUT2D eigenvalue weighted by Crippen LogP contribution is 2.28. The van der Waals surface area contributed by atoms with E-state index in [1.807, 2.05) is 60.7 Å². The molecule has 2 aromatic carbocycles. The Bertz CT molecular complexity index is 817. The lowest BCUT2D eigenvalue weighted by Gasteiger charge is -2.18. The van der Waals surface area contributed by atoms with Crippen LogP contribution in [0.15, 0.2) is 65.1 Å². The summed E-state index contributed by atoms with van der Waals surface area (Å²) in [7, 11) is 0. The van der Waals surface area contributed by atoms with Gasteiger partial charge in [-0.2, -0.15) is 0 Å². The monoisotopic (exact) mass is 335 g/mol. The molecule has 2 heterocycles. The normalized spacial score (nSPS) is 18.3. The molecule has 2 atom stereocenters. The van der Waals surface area contributed by atoms with E-state index < -0.39 is 0 Å². The molecule has 1 amide bonds. The minimum atomic E-state index is -0.303. The van der Waals surface area contributed by atoms with Crippen LogP contribution >= 0.6 is 0 Å². The summed E-state index contributed by atoms with van der Waals surface area (Å²) < 4.78 is 11.6. The van der Waals surface area contributed by atoms with Crippen molar-refractivity contribution in [2.45, 2.75) is 31.4 Å². The standard InChI is InChI=1S/C21H21NO3/c23-20(14-17-10-6-12-24-17)22-21(15-7-2-1-3-8-15)19-13-16-9-4-5-11-18(16)25-19/h1-5,7-9,11,13,17,21H,6,10,12,14H2,(H,22,23). The Kier molecular flexibility index (Phi) is 4.53. The van der Waals surface area contributed by atoms with Gasteiger partial charge in [-0.25, -0.2) is 0 Å². The summed E-state index contributed by atoms with van der Waals surface area (Å²) in [5.41, 5.74) is 1.83. The molecule has 4 nitrogen and oxygen atoms in total. The van der Waals surface area contributed by atoms with Gasteiger partial charge in [-0.15, -0.1) is 0 Å². The number of nitrogens with one attached hydrogen (secondary N) is 1. The van der Waals surface area contributed by atoms with E-state index in [9.17, 15) is 4.79 Å². The Morgan fingerprint density at radius 2 is 1.92 bits per heavy atom. The Morgan fingerprint density at radius 1 is 1.12 bits per heavy atom. The van der Waals surface area contributed by atoms with E-state index >= 15 is 0 Å². The zero-order valence-electron chi connectivity index (χ0n) is 14.0. The summed E-state index contributed by atoms with van der Waals surface area (Å²) in [4.78, 5) is 12.5. The van der Waals surface area contributed by atoms with Gasteiger partial charge in [0.15, 0.2) is 0 Å². The molecule has 1 aliphatic rings. The minimum absolute atomic E-state index is 0.0128. The number of amides is 1. The Balaban J connectivity index is 1.61. The van der Waals surface area contributed by atoms with E-state index in [1.54, 1.807) is 0 Å². The lowest BCUT2D eigenvalue weighted by molar-refractivity contribution is -0.123. The van der Waals surface area contributed by atoms with E-state index in [0.717, 1.165) is 41.7 Å². The summed E-state index contributed by atoms with van der Waals surface area (Å²) in [5.74, 6) is 0.731. The Morgan fingerprint density at radius 3 is 2.68 bits per heavy atom. The molecule has 1 N–H and O–H groups in total. The number of fused-ring (bicyclic) bond motifs is 1. The van der Waals surface area contributed by atoms with E-state index in [2.05, 4.69) is 5.32 Å². The summed E-state index contributed by atoms with van der Waals surface area (Å²) in [5, 5.41) is 4.16. The SMILES string of the molecule is O=C(CC1CCCO1)NC(c1ccccc1)c1cc2ccccc2o1. The Hall–Kier alpha value is -2.59. The average Bonchev–Trinajstić information content (AvgIpc) is 3.29. The van der Waals surface area contributed by atoms with Crippen molar-refractivity contribution in [2.75, 3.05) is 6.61 Å². The second-order valence-corrected chi connectivity index (χ2v) is 6.44. The van der Waals surface area contributed by atoms with Gasteiger partial charge in [-0.05, 0) is 30.5 Å². The lowest BCUT2D eigenvalue weighted by atomic mass is 10.0. The number of hydrogen-bond acceptors (Lipinski definition) is 3. The number of benzene rings is 2. The van der Waals surface area contributed by atoms with E-state index in [4.69, 9.17) is 9.15 Å². The molecule has 4 heteroatoms. The first kappa shape index (κ1) is 15.9. The molecular formula is C21H21NO3. The first-order valence-electron chi connectivity index (χ1n) is 8.74. The summed E-state index contributed by atoms with van der Waals surface area (Å²) >= 11 is 0. The third-order valence-electron chi connectivity index (χ3n) is 4.60. The molecule has 2 unspecified atom stereocenters. The summed E-state index contributed by atoms with van der Waals surface area (Å²) in [6.07, 6.45) is 2.41. The van der Waals surface area contributed by atoms with Crippen molar-refractivity contribution in [3.05, 3.63) is 72.0 Å². The van der Waals surface area contributed by atoms with Gasteiger partial charge in [0.05, 0.1) is 12.5 Å². The second kappa shape index (κ2) is 7.11. The molecule has 0 radical (unpaired) electrons. The van der Waals surface area contributed by atoms with Crippen molar-refractivity contribution in [3.63, 3.8) is 0 Å². The topological polar surface area (TPSA) is 51.5 Å². The van der Waals surface area contributed by atoms with Crippen LogP contribution in [0, 0.1) is 0 Å². The molecule has 1 aliphatic heterocycles. The third-order valence-corrected chi connectivity index (χ3v) is 4.60. The fraction of sp³-hybridized carbons (Fsp3) is 0.286. The number of rotatable bonds is 5. The highest BCUT2D eigenvalue weighted by Gasteiger charge is 2.24. The van der Waals surface area contributed by atoms with Crippen LogP contribution in [0.3, 0.4) is 0 Å². The van der Waals surface area contributed by atoms with Crippen LogP contribution in [0.5, 0.6) is 0 Å². The van der Waals surface area contributed by atoms with Crippen molar-refractivity contribution in [3.8, 4) is 0 Å². The molecule has 0 spiro atoms. The zero-order chi connectivity index (χ0) is 17.1. The molecule has 4 rings (SSSR count). The molecule has 1 aromatic heterocycles. The first-order valence-corrected chi connectivity index (χ1v) is 8.74. The number of hydrogen-bond donors (Lipinski definition) is 1. The predicted molar refractivity (Wildman–Crippen MR) is 96.2 cm³/mol. The van der Waals surface area contributed by atoms with E-state index in [-0.39, 0.29) is 18.1 Å². The molecule has 0 bridgehead atoms. The summed E-state index contributed by atoms with van der Waals surface area (Å²) in [6.45, 7) is 0.754.